The fraction of sp³-hybridized carbons (Fsp3) is 0.435. The molecule has 0 aliphatic carbocycles. The molecule has 0 saturated carbocycles. The van der Waals surface area contributed by atoms with E-state index in [1.54, 1.807) is 23.9 Å². The molecular formula is C23H27N3O2S3. The Bertz CT molecular complexity index is 978. The van der Waals surface area contributed by atoms with Crippen molar-refractivity contribution in [1.29, 1.82) is 0 Å². The van der Waals surface area contributed by atoms with Crippen LogP contribution < -0.4 is 5.32 Å². The van der Waals surface area contributed by atoms with Crippen LogP contribution in [-0.4, -0.2) is 59.0 Å². The molecule has 5 nitrogen and oxygen atoms in total. The van der Waals surface area contributed by atoms with Crippen molar-refractivity contribution < 1.29 is 9.59 Å². The average Bonchev–Trinajstić information content (AvgIpc) is 3.43. The minimum absolute atomic E-state index is 0.0115. The summed E-state index contributed by atoms with van der Waals surface area (Å²) < 4.78 is 0. The molecule has 1 amide bonds. The highest BCUT2D eigenvalue weighted by atomic mass is 32.2. The summed E-state index contributed by atoms with van der Waals surface area (Å²) in [6.45, 7) is 4.95. The molecule has 2 aliphatic rings. The number of thiophene rings is 1. The van der Waals surface area contributed by atoms with E-state index in [4.69, 9.17) is 12.2 Å². The summed E-state index contributed by atoms with van der Waals surface area (Å²) in [5.74, 6) is 0.0607. The van der Waals surface area contributed by atoms with Crippen molar-refractivity contribution >= 4 is 57.8 Å². The van der Waals surface area contributed by atoms with Crippen LogP contribution in [0.25, 0.3) is 0 Å². The predicted molar refractivity (Wildman–Crippen MR) is 133 cm³/mol. The number of nitrogens with zero attached hydrogens (tertiary/aromatic N) is 2. The second-order valence-electron chi connectivity index (χ2n) is 8.34. The Labute approximate surface area is 197 Å². The highest BCUT2D eigenvalue weighted by Gasteiger charge is 2.42. The van der Waals surface area contributed by atoms with Crippen LogP contribution >= 0.6 is 35.3 Å². The van der Waals surface area contributed by atoms with E-state index in [2.05, 4.69) is 40.7 Å². The van der Waals surface area contributed by atoms with Crippen molar-refractivity contribution in [2.75, 3.05) is 37.8 Å². The van der Waals surface area contributed by atoms with Gasteiger partial charge >= 0.3 is 0 Å². The van der Waals surface area contributed by atoms with Crippen LogP contribution in [0.1, 0.15) is 45.5 Å². The lowest BCUT2D eigenvalue weighted by Gasteiger charge is -2.39. The van der Waals surface area contributed by atoms with Gasteiger partial charge in [0.2, 0.25) is 0 Å². The van der Waals surface area contributed by atoms with E-state index in [1.165, 1.54) is 23.2 Å². The smallest absolute Gasteiger partial charge is 0.263 e. The SMILES string of the molecule is CSc1ccc(NC(=S)N2CCC3(CCN(C(=O)c4ccc(C(C)=O)s4)CC3)C2)cc1. The van der Waals surface area contributed by atoms with Crippen LogP contribution in [0, 0.1) is 5.41 Å². The molecular weight excluding hydrogens is 446 g/mol. The van der Waals surface area contributed by atoms with E-state index >= 15 is 0 Å². The highest BCUT2D eigenvalue weighted by molar-refractivity contribution is 7.98. The van der Waals surface area contributed by atoms with Crippen molar-refractivity contribution in [2.45, 2.75) is 31.1 Å². The van der Waals surface area contributed by atoms with Crippen LogP contribution in [0.3, 0.4) is 0 Å². The molecule has 0 atom stereocenters. The van der Waals surface area contributed by atoms with Crippen LogP contribution in [0.5, 0.6) is 0 Å². The molecule has 0 bridgehead atoms. The fourth-order valence-corrected chi connectivity index (χ4v) is 5.93. The zero-order chi connectivity index (χ0) is 22.0. The summed E-state index contributed by atoms with van der Waals surface area (Å²) >= 11 is 8.70. The molecule has 1 aromatic carbocycles. The van der Waals surface area contributed by atoms with Crippen LogP contribution in [0.15, 0.2) is 41.3 Å². The Balaban J connectivity index is 1.31. The summed E-state index contributed by atoms with van der Waals surface area (Å²) in [6.07, 6.45) is 5.16. The van der Waals surface area contributed by atoms with Gasteiger partial charge in [-0.25, -0.2) is 0 Å². The van der Waals surface area contributed by atoms with Gasteiger partial charge in [0.25, 0.3) is 5.91 Å². The number of Topliss-reactive ketones (excluding diaryl/α,β-unsaturated/α-hetero) is 1. The predicted octanol–water partition coefficient (Wildman–Crippen LogP) is 5.00. The van der Waals surface area contributed by atoms with Gasteiger partial charge in [0.05, 0.1) is 9.75 Å². The number of anilines is 1. The van der Waals surface area contributed by atoms with Gasteiger partial charge in [-0.15, -0.1) is 23.1 Å². The molecule has 4 rings (SSSR count). The lowest BCUT2D eigenvalue weighted by molar-refractivity contribution is 0.0603. The van der Waals surface area contributed by atoms with E-state index in [1.807, 2.05) is 4.90 Å². The molecule has 3 heterocycles. The minimum atomic E-state index is 0.0115. The molecule has 1 aromatic heterocycles. The van der Waals surface area contributed by atoms with E-state index < -0.39 is 0 Å². The summed E-state index contributed by atoms with van der Waals surface area (Å²) in [4.78, 5) is 31.1. The van der Waals surface area contributed by atoms with Crippen molar-refractivity contribution in [2.24, 2.45) is 5.41 Å². The molecule has 0 unspecified atom stereocenters. The molecule has 1 N–H and O–H groups in total. The van der Waals surface area contributed by atoms with Gasteiger partial charge in [-0.05, 0) is 86.5 Å². The zero-order valence-corrected chi connectivity index (χ0v) is 20.3. The van der Waals surface area contributed by atoms with E-state index in [9.17, 15) is 9.59 Å². The molecule has 1 spiro atoms. The van der Waals surface area contributed by atoms with Gasteiger partial charge in [-0.2, -0.15) is 0 Å². The highest BCUT2D eigenvalue weighted by Crippen LogP contribution is 2.41. The first-order chi connectivity index (χ1) is 14.9. The standard InChI is InChI=1S/C23H27N3O2S3/c1-16(27)19-7-8-20(31-19)21(28)25-12-9-23(10-13-25)11-14-26(15-23)22(29)24-17-3-5-18(30-2)6-4-17/h3-8H,9-15H2,1-2H3,(H,24,29). The Hall–Kier alpha value is -1.90. The summed E-state index contributed by atoms with van der Waals surface area (Å²) in [5, 5.41) is 4.15. The van der Waals surface area contributed by atoms with Gasteiger partial charge in [0.15, 0.2) is 10.9 Å². The Morgan fingerprint density at radius 2 is 1.61 bits per heavy atom. The maximum Gasteiger partial charge on any atom is 0.263 e. The second-order valence-corrected chi connectivity index (χ2v) is 10.7. The number of ketones is 1. The number of thioether (sulfide) groups is 1. The van der Waals surface area contributed by atoms with Crippen LogP contribution in [0.2, 0.25) is 0 Å². The number of carbonyl (C=O) groups is 2. The normalized spacial score (nSPS) is 17.7. The average molecular weight is 474 g/mol. The Morgan fingerprint density at radius 3 is 2.19 bits per heavy atom. The fourth-order valence-electron chi connectivity index (χ4n) is 4.38. The summed E-state index contributed by atoms with van der Waals surface area (Å²) in [6, 6.07) is 11.9. The van der Waals surface area contributed by atoms with Gasteiger partial charge in [0.1, 0.15) is 0 Å². The van der Waals surface area contributed by atoms with Crippen molar-refractivity contribution in [3.8, 4) is 0 Å². The quantitative estimate of drug-likeness (QED) is 0.383. The molecule has 8 heteroatoms. The number of hydrogen-bond acceptors (Lipinski definition) is 5. The molecule has 2 fully saturated rings. The van der Waals surface area contributed by atoms with Crippen molar-refractivity contribution in [1.82, 2.24) is 9.80 Å². The maximum atomic E-state index is 12.8. The number of nitrogens with one attached hydrogen (secondary N) is 1. The Morgan fingerprint density at radius 1 is 1.00 bits per heavy atom. The lowest BCUT2D eigenvalue weighted by Crippen LogP contribution is -2.44. The number of amides is 1. The van der Waals surface area contributed by atoms with Crippen molar-refractivity contribution in [3.05, 3.63) is 46.2 Å². The number of hydrogen-bond donors (Lipinski definition) is 1. The number of piperidine rings is 1. The molecule has 2 saturated heterocycles. The number of benzene rings is 1. The molecule has 2 aliphatic heterocycles. The second kappa shape index (κ2) is 9.30. The third-order valence-corrected chi connectivity index (χ3v) is 8.62. The topological polar surface area (TPSA) is 52.6 Å². The van der Waals surface area contributed by atoms with Crippen molar-refractivity contribution in [3.63, 3.8) is 0 Å². The van der Waals surface area contributed by atoms with Gasteiger partial charge in [-0.1, -0.05) is 0 Å². The largest absolute Gasteiger partial charge is 0.348 e. The van der Waals surface area contributed by atoms with Gasteiger partial charge in [0, 0.05) is 36.8 Å². The molecule has 0 radical (unpaired) electrons. The van der Waals surface area contributed by atoms with Crippen LogP contribution in [-0.2, 0) is 0 Å². The maximum absolute atomic E-state index is 12.8. The number of carbonyl (C=O) groups excluding carboxylic acids is 2. The lowest BCUT2D eigenvalue weighted by atomic mass is 9.78. The first kappa shape index (κ1) is 22.3. The molecule has 2 aromatic rings. The third-order valence-electron chi connectivity index (χ3n) is 6.34. The first-order valence-corrected chi connectivity index (χ1v) is 12.9. The Kier molecular flexibility index (Phi) is 6.69. The minimum Gasteiger partial charge on any atom is -0.348 e. The monoisotopic (exact) mass is 473 g/mol. The van der Waals surface area contributed by atoms with E-state index in [0.29, 0.717) is 9.75 Å². The summed E-state index contributed by atoms with van der Waals surface area (Å²) in [5.41, 5.74) is 1.25. The van der Waals surface area contributed by atoms with Gasteiger partial charge in [-0.3, -0.25) is 9.59 Å². The number of likely N-dealkylation sites (tertiary alicyclic amines) is 2. The third kappa shape index (κ3) is 4.96. The number of thiocarbonyl (C=S) groups is 1. The number of rotatable bonds is 4. The molecule has 164 valence electrons. The van der Waals surface area contributed by atoms with E-state index in [0.717, 1.165) is 56.2 Å². The molecule has 31 heavy (non-hydrogen) atoms. The van der Waals surface area contributed by atoms with E-state index in [-0.39, 0.29) is 17.1 Å². The summed E-state index contributed by atoms with van der Waals surface area (Å²) in [7, 11) is 0. The van der Waals surface area contributed by atoms with Gasteiger partial charge < -0.3 is 15.1 Å². The first-order valence-electron chi connectivity index (χ1n) is 10.5. The van der Waals surface area contributed by atoms with Crippen LogP contribution in [0.4, 0.5) is 5.69 Å². The zero-order valence-electron chi connectivity index (χ0n) is 17.8.